The van der Waals surface area contributed by atoms with Crippen molar-refractivity contribution in [2.45, 2.75) is 11.0 Å². The third kappa shape index (κ3) is 4.00. The number of nitrogens with zero attached hydrogens (tertiary/aromatic N) is 1. The van der Waals surface area contributed by atoms with Gasteiger partial charge >= 0.3 is 0 Å². The Morgan fingerprint density at radius 1 is 1.22 bits per heavy atom. The number of carbonyl (C=O) groups is 1. The van der Waals surface area contributed by atoms with E-state index in [2.05, 4.69) is 11.4 Å². The van der Waals surface area contributed by atoms with Gasteiger partial charge in [0, 0.05) is 30.6 Å². The van der Waals surface area contributed by atoms with Crippen LogP contribution in [-0.2, 0) is 7.05 Å². The monoisotopic (exact) mass is 346 g/mol. The van der Waals surface area contributed by atoms with E-state index in [1.165, 1.54) is 34.1 Å². The van der Waals surface area contributed by atoms with Gasteiger partial charge in [0.15, 0.2) is 0 Å². The zero-order valence-corrected chi connectivity index (χ0v) is 14.5. The lowest BCUT2D eigenvalue weighted by molar-refractivity contribution is 0.102. The minimum atomic E-state index is -0.260. The molecule has 1 aromatic carbocycles. The number of benzene rings is 1. The van der Waals surface area contributed by atoms with Crippen molar-refractivity contribution in [1.82, 2.24) is 4.57 Å². The lowest BCUT2D eigenvalue weighted by Crippen LogP contribution is -2.20. The Bertz CT molecular complexity index is 767. The molecule has 1 amide bonds. The second-order valence-electron chi connectivity index (χ2n) is 5.37. The number of pyridine rings is 1. The Labute approximate surface area is 143 Å². The van der Waals surface area contributed by atoms with Crippen molar-refractivity contribution >= 4 is 35.1 Å². The molecule has 3 rings (SSSR count). The highest BCUT2D eigenvalue weighted by atomic mass is 32.2. The number of aryl methyl sites for hydroxylation is 1. The molecule has 0 atom stereocenters. The molecule has 120 valence electrons. The van der Waals surface area contributed by atoms with E-state index in [9.17, 15) is 9.59 Å². The summed E-state index contributed by atoms with van der Waals surface area (Å²) in [5, 5.41) is 2.88. The van der Waals surface area contributed by atoms with Crippen LogP contribution in [0.25, 0.3) is 0 Å². The highest BCUT2D eigenvalue weighted by Crippen LogP contribution is 2.44. The van der Waals surface area contributed by atoms with Crippen LogP contribution in [0.4, 0.5) is 5.69 Å². The van der Waals surface area contributed by atoms with Gasteiger partial charge in [0.1, 0.15) is 0 Å². The standard InChI is InChI=1S/C17H18N2O2S2/c1-19-7-6-12(11-15(19)20)16(21)18-14-5-2-4-13(10-14)17-22-8-3-9-23-17/h2,4-7,10-11,17H,3,8-9H2,1H3,(H,18,21). The molecular formula is C17H18N2O2S2. The zero-order chi connectivity index (χ0) is 16.2. The van der Waals surface area contributed by atoms with E-state index in [4.69, 9.17) is 0 Å². The van der Waals surface area contributed by atoms with Crippen molar-refractivity contribution in [3.8, 4) is 0 Å². The van der Waals surface area contributed by atoms with Gasteiger partial charge in [0.2, 0.25) is 0 Å². The Balaban J connectivity index is 1.75. The van der Waals surface area contributed by atoms with Gasteiger partial charge in [-0.05, 0) is 41.7 Å². The minimum absolute atomic E-state index is 0.193. The van der Waals surface area contributed by atoms with Crippen molar-refractivity contribution in [2.24, 2.45) is 7.05 Å². The fourth-order valence-electron chi connectivity index (χ4n) is 2.34. The smallest absolute Gasteiger partial charge is 0.255 e. The molecule has 6 heteroatoms. The summed E-state index contributed by atoms with van der Waals surface area (Å²) < 4.78 is 1.87. The molecule has 1 saturated heterocycles. The first-order valence-corrected chi connectivity index (χ1v) is 9.54. The fourth-order valence-corrected chi connectivity index (χ4v) is 5.21. The summed E-state index contributed by atoms with van der Waals surface area (Å²) in [4.78, 5) is 23.9. The van der Waals surface area contributed by atoms with Crippen molar-refractivity contribution in [3.63, 3.8) is 0 Å². The van der Waals surface area contributed by atoms with Crippen LogP contribution in [0.5, 0.6) is 0 Å². The van der Waals surface area contributed by atoms with E-state index in [0.717, 1.165) is 5.69 Å². The molecule has 0 unspecified atom stereocenters. The number of carbonyl (C=O) groups excluding carboxylic acids is 1. The number of hydrogen-bond acceptors (Lipinski definition) is 4. The van der Waals surface area contributed by atoms with E-state index in [0.29, 0.717) is 10.1 Å². The average Bonchev–Trinajstić information content (AvgIpc) is 2.58. The van der Waals surface area contributed by atoms with Gasteiger partial charge in [-0.15, -0.1) is 23.5 Å². The molecule has 0 saturated carbocycles. The zero-order valence-electron chi connectivity index (χ0n) is 12.8. The van der Waals surface area contributed by atoms with Crippen molar-refractivity contribution in [1.29, 1.82) is 0 Å². The van der Waals surface area contributed by atoms with E-state index < -0.39 is 0 Å². The number of aromatic nitrogens is 1. The molecule has 4 nitrogen and oxygen atoms in total. The van der Waals surface area contributed by atoms with E-state index in [1.807, 2.05) is 41.7 Å². The van der Waals surface area contributed by atoms with Crippen molar-refractivity contribution in [3.05, 3.63) is 64.1 Å². The topological polar surface area (TPSA) is 51.1 Å². The molecule has 23 heavy (non-hydrogen) atoms. The van der Waals surface area contributed by atoms with Crippen LogP contribution < -0.4 is 10.9 Å². The SMILES string of the molecule is Cn1ccc(C(=O)Nc2cccc(C3SCCCS3)c2)cc1=O. The van der Waals surface area contributed by atoms with Crippen LogP contribution in [0.2, 0.25) is 0 Å². The van der Waals surface area contributed by atoms with Crippen molar-refractivity contribution in [2.75, 3.05) is 16.8 Å². The summed E-state index contributed by atoms with van der Waals surface area (Å²) in [6, 6.07) is 11.0. The normalized spacial score (nSPS) is 15.3. The summed E-state index contributed by atoms with van der Waals surface area (Å²) in [5.74, 6) is 2.10. The van der Waals surface area contributed by atoms with Crippen LogP contribution in [-0.4, -0.2) is 22.0 Å². The summed E-state index contributed by atoms with van der Waals surface area (Å²) in [7, 11) is 1.66. The quantitative estimate of drug-likeness (QED) is 0.924. The minimum Gasteiger partial charge on any atom is -0.322 e. The van der Waals surface area contributed by atoms with Crippen molar-refractivity contribution < 1.29 is 4.79 Å². The molecule has 1 aromatic heterocycles. The third-order valence-electron chi connectivity index (χ3n) is 3.61. The number of thioether (sulfide) groups is 2. The molecular weight excluding hydrogens is 328 g/mol. The number of rotatable bonds is 3. The molecule has 1 aliphatic heterocycles. The fraction of sp³-hybridized carbons (Fsp3) is 0.294. The van der Waals surface area contributed by atoms with Gasteiger partial charge in [-0.1, -0.05) is 12.1 Å². The van der Waals surface area contributed by atoms with Gasteiger partial charge in [-0.3, -0.25) is 9.59 Å². The van der Waals surface area contributed by atoms with E-state index >= 15 is 0 Å². The molecule has 0 spiro atoms. The maximum atomic E-state index is 12.3. The Hall–Kier alpha value is -1.66. The maximum Gasteiger partial charge on any atom is 0.255 e. The van der Waals surface area contributed by atoms with Crippen LogP contribution in [0.15, 0.2) is 47.4 Å². The highest BCUT2D eigenvalue weighted by molar-refractivity contribution is 8.16. The maximum absolute atomic E-state index is 12.3. The number of nitrogens with one attached hydrogen (secondary N) is 1. The Morgan fingerprint density at radius 2 is 2.00 bits per heavy atom. The highest BCUT2D eigenvalue weighted by Gasteiger charge is 2.17. The number of amides is 1. The predicted molar refractivity (Wildman–Crippen MR) is 98.4 cm³/mol. The van der Waals surface area contributed by atoms with Crippen LogP contribution in [0.3, 0.4) is 0 Å². The van der Waals surface area contributed by atoms with Crippen LogP contribution >= 0.6 is 23.5 Å². The molecule has 0 radical (unpaired) electrons. The number of hydrogen-bond donors (Lipinski definition) is 1. The van der Waals surface area contributed by atoms with Gasteiger partial charge in [-0.2, -0.15) is 0 Å². The molecule has 1 aliphatic rings. The lowest BCUT2D eigenvalue weighted by atomic mass is 10.2. The molecule has 2 heterocycles. The molecule has 1 fully saturated rings. The molecule has 0 bridgehead atoms. The summed E-state index contributed by atoms with van der Waals surface area (Å²) in [6.45, 7) is 0. The van der Waals surface area contributed by atoms with E-state index in [-0.39, 0.29) is 11.5 Å². The Morgan fingerprint density at radius 3 is 2.74 bits per heavy atom. The predicted octanol–water partition coefficient (Wildman–Crippen LogP) is 3.51. The second-order valence-corrected chi connectivity index (χ2v) is 8.10. The second kappa shape index (κ2) is 7.27. The largest absolute Gasteiger partial charge is 0.322 e. The van der Waals surface area contributed by atoms with Gasteiger partial charge in [0.25, 0.3) is 11.5 Å². The van der Waals surface area contributed by atoms with Gasteiger partial charge in [0.05, 0.1) is 4.58 Å². The molecule has 2 aromatic rings. The lowest BCUT2D eigenvalue weighted by Gasteiger charge is -2.21. The average molecular weight is 346 g/mol. The molecule has 0 aliphatic carbocycles. The van der Waals surface area contributed by atoms with Crippen LogP contribution in [0, 0.1) is 0 Å². The summed E-state index contributed by atoms with van der Waals surface area (Å²) in [6.07, 6.45) is 2.86. The first-order valence-electron chi connectivity index (χ1n) is 7.45. The van der Waals surface area contributed by atoms with Gasteiger partial charge < -0.3 is 9.88 Å². The third-order valence-corrected chi connectivity index (χ3v) is 6.63. The summed E-state index contributed by atoms with van der Waals surface area (Å²) in [5.41, 5.74) is 2.17. The number of anilines is 1. The summed E-state index contributed by atoms with van der Waals surface area (Å²) >= 11 is 3.90. The Kier molecular flexibility index (Phi) is 5.13. The van der Waals surface area contributed by atoms with Gasteiger partial charge in [-0.25, -0.2) is 0 Å². The van der Waals surface area contributed by atoms with E-state index in [1.54, 1.807) is 19.3 Å². The first kappa shape index (κ1) is 16.2. The first-order chi connectivity index (χ1) is 11.1. The van der Waals surface area contributed by atoms with Crippen LogP contribution in [0.1, 0.15) is 26.9 Å². The molecule has 1 N–H and O–H groups in total.